The molecule has 3 saturated carbocycles. The first-order chi connectivity index (χ1) is 14.3. The molecule has 0 aromatic carbocycles. The Morgan fingerprint density at radius 2 is 2.13 bits per heavy atom. The number of nitrogens with zero attached hydrogens (tertiary/aromatic N) is 1. The number of amides is 1. The second kappa shape index (κ2) is 6.80. The van der Waals surface area contributed by atoms with Crippen molar-refractivity contribution in [3.05, 3.63) is 11.6 Å². The van der Waals surface area contributed by atoms with Crippen molar-refractivity contribution < 1.29 is 19.4 Å². The van der Waals surface area contributed by atoms with E-state index in [2.05, 4.69) is 30.5 Å². The van der Waals surface area contributed by atoms with Gasteiger partial charge in [-0.2, -0.15) is 5.10 Å². The minimum atomic E-state index is -0.508. The number of carbonyl (C=O) groups is 1. The first-order valence-electron chi connectivity index (χ1n) is 11.8. The number of allylic oxidation sites excluding steroid dienone is 1. The number of nitrogens with one attached hydrogen (secondary N) is 1. The van der Waals surface area contributed by atoms with Crippen LogP contribution in [0.5, 0.6) is 0 Å². The molecular weight excluding hydrogens is 380 g/mol. The number of ether oxygens (including phenoxy) is 2. The van der Waals surface area contributed by atoms with Gasteiger partial charge in [0.2, 0.25) is 0 Å². The van der Waals surface area contributed by atoms with E-state index in [1.165, 1.54) is 12.0 Å². The van der Waals surface area contributed by atoms with Crippen LogP contribution in [-0.2, 0) is 9.47 Å². The summed E-state index contributed by atoms with van der Waals surface area (Å²) in [6.45, 7) is 8.97. The Kier molecular flexibility index (Phi) is 4.64. The Morgan fingerprint density at radius 3 is 2.90 bits per heavy atom. The first kappa shape index (κ1) is 20.5. The number of aliphatic hydroxyl groups is 1. The Balaban J connectivity index is 1.40. The van der Waals surface area contributed by atoms with Crippen LogP contribution in [0.15, 0.2) is 16.8 Å². The van der Waals surface area contributed by atoms with E-state index in [4.69, 9.17) is 9.47 Å². The van der Waals surface area contributed by atoms with E-state index >= 15 is 0 Å². The fourth-order valence-corrected chi connectivity index (χ4v) is 8.10. The number of fused-ring (bicyclic) bond motifs is 7. The number of hydrogen-bond donors (Lipinski definition) is 2. The van der Waals surface area contributed by atoms with Crippen LogP contribution in [0.25, 0.3) is 0 Å². The number of hydrazone groups is 1. The summed E-state index contributed by atoms with van der Waals surface area (Å²) in [6, 6.07) is 0. The summed E-state index contributed by atoms with van der Waals surface area (Å²) in [6.07, 6.45) is 9.48. The van der Waals surface area contributed by atoms with Crippen molar-refractivity contribution in [1.82, 2.24) is 5.43 Å². The average Bonchev–Trinajstić information content (AvgIpc) is 3.39. The standard InChI is InChI=1S/C24H36N2O4/c1-5-29-21(28)26-25-14(2)24-20(30-24)13-19-17-7-6-15-12-16(27)8-10-22(15,3)18(17)9-11-23(19,24)4/h6,16-20,27H,5,7-13H2,1-4H3,(H,26,28)/t16-,17+,18-,19-,20+,22-,23-,24+/m0/s1. The van der Waals surface area contributed by atoms with Crippen LogP contribution in [0.3, 0.4) is 0 Å². The molecule has 0 bridgehead atoms. The molecule has 0 unspecified atom stereocenters. The molecule has 0 radical (unpaired) electrons. The number of carbonyl (C=O) groups excluding carboxylic acids is 1. The zero-order valence-corrected chi connectivity index (χ0v) is 18.7. The third-order valence-corrected chi connectivity index (χ3v) is 9.64. The highest BCUT2D eigenvalue weighted by atomic mass is 16.6. The number of hydrogen-bond acceptors (Lipinski definition) is 5. The summed E-state index contributed by atoms with van der Waals surface area (Å²) in [5, 5.41) is 14.6. The van der Waals surface area contributed by atoms with Crippen molar-refractivity contribution in [3.63, 3.8) is 0 Å². The third kappa shape index (κ3) is 2.62. The lowest BCUT2D eigenvalue weighted by atomic mass is 9.47. The zero-order valence-electron chi connectivity index (χ0n) is 18.7. The van der Waals surface area contributed by atoms with E-state index in [0.717, 1.165) is 44.2 Å². The fraction of sp³-hybridized carbons (Fsp3) is 0.833. The zero-order chi connectivity index (χ0) is 21.3. The molecule has 0 spiro atoms. The molecule has 4 aliphatic carbocycles. The molecule has 8 atom stereocenters. The molecule has 1 aliphatic heterocycles. The van der Waals surface area contributed by atoms with Gasteiger partial charge in [0.05, 0.1) is 24.5 Å². The summed E-state index contributed by atoms with van der Waals surface area (Å²) in [5.74, 6) is 1.99. The Bertz CT molecular complexity index is 809. The van der Waals surface area contributed by atoms with Crippen LogP contribution >= 0.6 is 0 Å². The minimum absolute atomic E-state index is 0.0542. The lowest BCUT2D eigenvalue weighted by Gasteiger charge is -2.58. The van der Waals surface area contributed by atoms with Crippen LogP contribution in [-0.4, -0.2) is 41.3 Å². The Hall–Kier alpha value is -1.40. The van der Waals surface area contributed by atoms with Crippen molar-refractivity contribution in [2.24, 2.45) is 33.7 Å². The van der Waals surface area contributed by atoms with Gasteiger partial charge in [-0.3, -0.25) is 0 Å². The quantitative estimate of drug-likeness (QED) is 0.313. The molecule has 5 aliphatic rings. The maximum Gasteiger partial charge on any atom is 0.427 e. The highest BCUT2D eigenvalue weighted by molar-refractivity contribution is 5.95. The van der Waals surface area contributed by atoms with E-state index in [0.29, 0.717) is 24.4 Å². The molecular formula is C24H36N2O4. The van der Waals surface area contributed by atoms with Gasteiger partial charge in [0, 0.05) is 5.41 Å². The topological polar surface area (TPSA) is 83.5 Å². The molecule has 2 N–H and O–H groups in total. The van der Waals surface area contributed by atoms with Crippen molar-refractivity contribution >= 4 is 11.8 Å². The molecule has 166 valence electrons. The minimum Gasteiger partial charge on any atom is -0.449 e. The molecule has 4 fully saturated rings. The lowest BCUT2D eigenvalue weighted by molar-refractivity contribution is -0.0703. The SMILES string of the molecule is CCOC(=O)NN=C(C)[C@@]12O[C@@H]1C[C@H]1[C@@H]3CC=C4C[C@@H](O)CC[C@]4(C)[C@H]3CC[C@@]12C. The van der Waals surface area contributed by atoms with E-state index in [9.17, 15) is 9.90 Å². The number of rotatable bonds is 3. The van der Waals surface area contributed by atoms with Crippen LogP contribution in [0.1, 0.15) is 72.6 Å². The van der Waals surface area contributed by atoms with Gasteiger partial charge in [-0.15, -0.1) is 0 Å². The first-order valence-corrected chi connectivity index (χ1v) is 11.8. The Labute approximate surface area is 179 Å². The molecule has 6 nitrogen and oxygen atoms in total. The van der Waals surface area contributed by atoms with Crippen molar-refractivity contribution in [1.29, 1.82) is 0 Å². The monoisotopic (exact) mass is 416 g/mol. The molecule has 1 amide bonds. The Morgan fingerprint density at radius 1 is 1.33 bits per heavy atom. The van der Waals surface area contributed by atoms with Crippen LogP contribution in [0, 0.1) is 28.6 Å². The van der Waals surface area contributed by atoms with Crippen molar-refractivity contribution in [2.45, 2.75) is 90.4 Å². The summed E-state index contributed by atoms with van der Waals surface area (Å²) < 4.78 is 11.3. The predicted octanol–water partition coefficient (Wildman–Crippen LogP) is 4.18. The molecule has 0 aromatic heterocycles. The maximum absolute atomic E-state index is 11.7. The third-order valence-electron chi connectivity index (χ3n) is 9.64. The molecule has 5 rings (SSSR count). The highest BCUT2D eigenvalue weighted by Crippen LogP contribution is 2.73. The lowest BCUT2D eigenvalue weighted by Crippen LogP contribution is -2.54. The van der Waals surface area contributed by atoms with E-state index in [1.807, 2.05) is 6.92 Å². The van der Waals surface area contributed by atoms with E-state index in [-0.39, 0.29) is 28.6 Å². The van der Waals surface area contributed by atoms with Gasteiger partial charge in [-0.1, -0.05) is 25.5 Å². The molecule has 1 heterocycles. The van der Waals surface area contributed by atoms with Crippen molar-refractivity contribution in [2.75, 3.05) is 6.61 Å². The van der Waals surface area contributed by atoms with E-state index in [1.54, 1.807) is 6.92 Å². The van der Waals surface area contributed by atoms with Gasteiger partial charge in [0.15, 0.2) is 0 Å². The van der Waals surface area contributed by atoms with Gasteiger partial charge in [0.25, 0.3) is 0 Å². The number of epoxide rings is 1. The molecule has 30 heavy (non-hydrogen) atoms. The largest absolute Gasteiger partial charge is 0.449 e. The van der Waals surface area contributed by atoms with Gasteiger partial charge in [-0.05, 0) is 82.0 Å². The highest BCUT2D eigenvalue weighted by Gasteiger charge is 2.78. The van der Waals surface area contributed by atoms with Crippen molar-refractivity contribution in [3.8, 4) is 0 Å². The smallest absolute Gasteiger partial charge is 0.427 e. The fourth-order valence-electron chi connectivity index (χ4n) is 8.10. The van der Waals surface area contributed by atoms with Gasteiger partial charge >= 0.3 is 6.09 Å². The molecule has 6 heteroatoms. The van der Waals surface area contributed by atoms with Crippen LogP contribution in [0.4, 0.5) is 4.79 Å². The summed E-state index contributed by atoms with van der Waals surface area (Å²) in [7, 11) is 0. The number of aliphatic hydroxyl groups excluding tert-OH is 1. The van der Waals surface area contributed by atoms with Gasteiger partial charge in [0.1, 0.15) is 5.60 Å². The molecule has 1 saturated heterocycles. The molecule has 0 aromatic rings. The summed E-state index contributed by atoms with van der Waals surface area (Å²) >= 11 is 0. The van der Waals surface area contributed by atoms with Gasteiger partial charge in [-0.25, -0.2) is 10.2 Å². The van der Waals surface area contributed by atoms with E-state index < -0.39 is 6.09 Å². The maximum atomic E-state index is 11.7. The summed E-state index contributed by atoms with van der Waals surface area (Å²) in [4.78, 5) is 11.7. The average molecular weight is 417 g/mol. The van der Waals surface area contributed by atoms with Gasteiger partial charge < -0.3 is 14.6 Å². The second-order valence-electron chi connectivity index (χ2n) is 10.7. The van der Waals surface area contributed by atoms with Crippen LogP contribution < -0.4 is 5.43 Å². The predicted molar refractivity (Wildman–Crippen MR) is 114 cm³/mol. The van der Waals surface area contributed by atoms with Crippen LogP contribution in [0.2, 0.25) is 0 Å². The second-order valence-corrected chi connectivity index (χ2v) is 10.7. The normalized spacial score (nSPS) is 49.2. The summed E-state index contributed by atoms with van der Waals surface area (Å²) in [5.41, 5.74) is 4.90.